The van der Waals surface area contributed by atoms with Crippen LogP contribution in [0.15, 0.2) is 24.3 Å². The summed E-state index contributed by atoms with van der Waals surface area (Å²) in [5, 5.41) is -0.362. The topological polar surface area (TPSA) is 17.1 Å². The molecule has 0 atom stereocenters. The maximum atomic E-state index is 10.9. The molecule has 0 N–H and O–H groups in total. The third kappa shape index (κ3) is 2.08. The number of halogens is 1. The van der Waals surface area contributed by atoms with E-state index in [1.165, 1.54) is 0 Å². The van der Waals surface area contributed by atoms with E-state index in [0.717, 1.165) is 18.4 Å². The van der Waals surface area contributed by atoms with E-state index >= 15 is 0 Å². The normalized spacial score (nSPS) is 9.83. The van der Waals surface area contributed by atoms with Crippen molar-refractivity contribution >= 4 is 16.8 Å². The summed E-state index contributed by atoms with van der Waals surface area (Å²) < 4.78 is 0. The molecular weight excluding hydrogens is 172 g/mol. The summed E-state index contributed by atoms with van der Waals surface area (Å²) in [6.45, 7) is 2.08. The minimum atomic E-state index is -0.362. The summed E-state index contributed by atoms with van der Waals surface area (Å²) in [6.07, 6.45) is 1.94. The van der Waals surface area contributed by atoms with Gasteiger partial charge in [0.2, 0.25) is 0 Å². The number of hydrogen-bond donors (Lipinski definition) is 0. The second-order valence-electron chi connectivity index (χ2n) is 2.68. The van der Waals surface area contributed by atoms with Gasteiger partial charge in [-0.2, -0.15) is 0 Å². The van der Waals surface area contributed by atoms with Crippen LogP contribution in [0.5, 0.6) is 0 Å². The molecular formula is C10H11ClO. The molecule has 0 unspecified atom stereocenters. The Kier molecular flexibility index (Phi) is 3.30. The van der Waals surface area contributed by atoms with Gasteiger partial charge in [0.05, 0.1) is 0 Å². The highest BCUT2D eigenvalue weighted by molar-refractivity contribution is 6.67. The van der Waals surface area contributed by atoms with Crippen LogP contribution in [-0.4, -0.2) is 5.24 Å². The Morgan fingerprint density at radius 3 is 2.67 bits per heavy atom. The lowest BCUT2D eigenvalue weighted by Crippen LogP contribution is -1.96. The van der Waals surface area contributed by atoms with E-state index in [1.54, 1.807) is 6.07 Å². The first-order valence-electron chi connectivity index (χ1n) is 4.03. The second-order valence-corrected chi connectivity index (χ2v) is 3.02. The van der Waals surface area contributed by atoms with Crippen LogP contribution in [0.1, 0.15) is 29.3 Å². The molecule has 0 heterocycles. The fourth-order valence-corrected chi connectivity index (χ4v) is 1.38. The molecule has 0 aromatic heterocycles. The molecule has 0 spiro atoms. The van der Waals surface area contributed by atoms with Crippen LogP contribution in [0.2, 0.25) is 0 Å². The van der Waals surface area contributed by atoms with Gasteiger partial charge in [-0.1, -0.05) is 31.5 Å². The van der Waals surface area contributed by atoms with Gasteiger partial charge in [-0.15, -0.1) is 0 Å². The Bertz CT molecular complexity index is 281. The van der Waals surface area contributed by atoms with Gasteiger partial charge in [0.15, 0.2) is 0 Å². The van der Waals surface area contributed by atoms with Crippen LogP contribution < -0.4 is 0 Å². The molecule has 0 aliphatic carbocycles. The van der Waals surface area contributed by atoms with Crippen LogP contribution >= 0.6 is 11.6 Å². The fraction of sp³-hybridized carbons (Fsp3) is 0.300. The Morgan fingerprint density at radius 1 is 1.42 bits per heavy atom. The molecule has 0 bridgehead atoms. The third-order valence-corrected chi connectivity index (χ3v) is 1.95. The highest BCUT2D eigenvalue weighted by atomic mass is 35.5. The number of hydrogen-bond acceptors (Lipinski definition) is 1. The molecule has 0 aliphatic rings. The Balaban J connectivity index is 3.00. The van der Waals surface area contributed by atoms with Crippen molar-refractivity contribution in [3.63, 3.8) is 0 Å². The highest BCUT2D eigenvalue weighted by Gasteiger charge is 2.05. The molecule has 0 fully saturated rings. The van der Waals surface area contributed by atoms with Gasteiger partial charge in [-0.3, -0.25) is 4.79 Å². The van der Waals surface area contributed by atoms with Crippen molar-refractivity contribution < 1.29 is 4.79 Å². The Labute approximate surface area is 77.4 Å². The van der Waals surface area contributed by atoms with Crippen LogP contribution in [0.4, 0.5) is 0 Å². The average molecular weight is 183 g/mol. The fourth-order valence-electron chi connectivity index (χ4n) is 1.20. The largest absolute Gasteiger partial charge is 0.276 e. The molecule has 0 aliphatic heterocycles. The smallest absolute Gasteiger partial charge is 0.252 e. The maximum Gasteiger partial charge on any atom is 0.252 e. The minimum absolute atomic E-state index is 0.362. The third-order valence-electron chi connectivity index (χ3n) is 1.75. The number of carbonyl (C=O) groups is 1. The second kappa shape index (κ2) is 4.27. The summed E-state index contributed by atoms with van der Waals surface area (Å²) in [5.41, 5.74) is 1.68. The number of aryl methyl sites for hydroxylation is 1. The molecule has 0 saturated heterocycles. The predicted octanol–water partition coefficient (Wildman–Crippen LogP) is 3.02. The van der Waals surface area contributed by atoms with Gasteiger partial charge in [0.25, 0.3) is 5.24 Å². The maximum absolute atomic E-state index is 10.9. The Morgan fingerprint density at radius 2 is 2.08 bits per heavy atom. The summed E-state index contributed by atoms with van der Waals surface area (Å²) in [7, 11) is 0. The minimum Gasteiger partial charge on any atom is -0.276 e. The SMILES string of the molecule is CCCc1ccccc1C(=O)Cl. The van der Waals surface area contributed by atoms with Gasteiger partial charge in [0, 0.05) is 5.56 Å². The Hall–Kier alpha value is -0.820. The lowest BCUT2D eigenvalue weighted by atomic mass is 10.0. The van der Waals surface area contributed by atoms with Crippen LogP contribution in [0, 0.1) is 0 Å². The van der Waals surface area contributed by atoms with Gasteiger partial charge in [-0.25, -0.2) is 0 Å². The zero-order chi connectivity index (χ0) is 8.97. The van der Waals surface area contributed by atoms with Crippen molar-refractivity contribution in [2.24, 2.45) is 0 Å². The zero-order valence-electron chi connectivity index (χ0n) is 7.01. The van der Waals surface area contributed by atoms with Crippen molar-refractivity contribution in [1.29, 1.82) is 0 Å². The lowest BCUT2D eigenvalue weighted by molar-refractivity contribution is 0.108. The lowest BCUT2D eigenvalue weighted by Gasteiger charge is -2.02. The first kappa shape index (κ1) is 9.27. The van der Waals surface area contributed by atoms with E-state index in [-0.39, 0.29) is 5.24 Å². The van der Waals surface area contributed by atoms with E-state index in [1.807, 2.05) is 18.2 Å². The number of rotatable bonds is 3. The highest BCUT2D eigenvalue weighted by Crippen LogP contribution is 2.13. The van der Waals surface area contributed by atoms with E-state index < -0.39 is 0 Å². The van der Waals surface area contributed by atoms with Crippen LogP contribution in [0.25, 0.3) is 0 Å². The van der Waals surface area contributed by atoms with Crippen molar-refractivity contribution in [2.45, 2.75) is 19.8 Å². The molecule has 64 valence electrons. The monoisotopic (exact) mass is 182 g/mol. The van der Waals surface area contributed by atoms with Gasteiger partial charge >= 0.3 is 0 Å². The van der Waals surface area contributed by atoms with Crippen molar-refractivity contribution in [2.75, 3.05) is 0 Å². The molecule has 0 radical (unpaired) electrons. The molecule has 1 aromatic rings. The number of carbonyl (C=O) groups excluding carboxylic acids is 1. The van der Waals surface area contributed by atoms with Gasteiger partial charge in [0.1, 0.15) is 0 Å². The van der Waals surface area contributed by atoms with E-state index in [0.29, 0.717) is 5.56 Å². The van der Waals surface area contributed by atoms with Crippen molar-refractivity contribution in [1.82, 2.24) is 0 Å². The predicted molar refractivity (Wildman–Crippen MR) is 50.6 cm³/mol. The van der Waals surface area contributed by atoms with Crippen LogP contribution in [-0.2, 0) is 6.42 Å². The van der Waals surface area contributed by atoms with E-state index in [2.05, 4.69) is 6.92 Å². The summed E-state index contributed by atoms with van der Waals surface area (Å²) in [5.74, 6) is 0. The summed E-state index contributed by atoms with van der Waals surface area (Å²) in [6, 6.07) is 7.46. The molecule has 0 saturated carbocycles. The zero-order valence-corrected chi connectivity index (χ0v) is 7.77. The molecule has 1 nitrogen and oxygen atoms in total. The van der Waals surface area contributed by atoms with Crippen molar-refractivity contribution in [3.05, 3.63) is 35.4 Å². The average Bonchev–Trinajstić information content (AvgIpc) is 2.05. The molecule has 2 heteroatoms. The standard InChI is InChI=1S/C10H11ClO/c1-2-5-8-6-3-4-7-9(8)10(11)12/h3-4,6-7H,2,5H2,1H3. The molecule has 12 heavy (non-hydrogen) atoms. The first-order chi connectivity index (χ1) is 5.75. The molecule has 0 amide bonds. The van der Waals surface area contributed by atoms with Crippen LogP contribution in [0.3, 0.4) is 0 Å². The van der Waals surface area contributed by atoms with E-state index in [4.69, 9.17) is 11.6 Å². The van der Waals surface area contributed by atoms with Gasteiger partial charge in [-0.05, 0) is 29.7 Å². The quantitative estimate of drug-likeness (QED) is 0.657. The van der Waals surface area contributed by atoms with E-state index in [9.17, 15) is 4.79 Å². The number of benzene rings is 1. The molecule has 1 aromatic carbocycles. The first-order valence-corrected chi connectivity index (χ1v) is 4.41. The molecule has 1 rings (SSSR count). The summed E-state index contributed by atoms with van der Waals surface area (Å²) in [4.78, 5) is 10.9. The summed E-state index contributed by atoms with van der Waals surface area (Å²) >= 11 is 5.41. The van der Waals surface area contributed by atoms with Crippen molar-refractivity contribution in [3.8, 4) is 0 Å². The van der Waals surface area contributed by atoms with Gasteiger partial charge < -0.3 is 0 Å².